The van der Waals surface area contributed by atoms with Crippen molar-refractivity contribution in [2.75, 3.05) is 39.6 Å². The first kappa shape index (κ1) is 93.5. The topological polar surface area (TPSA) is 237 Å². The van der Waals surface area contributed by atoms with Crippen LogP contribution in [0.15, 0.2) is 122 Å². The largest absolute Gasteiger partial charge is 0.472 e. The van der Waals surface area contributed by atoms with E-state index < -0.39 is 97.5 Å². The van der Waals surface area contributed by atoms with Crippen molar-refractivity contribution in [3.05, 3.63) is 122 Å². The Hall–Kier alpha value is -4.54. The Labute approximate surface area is 593 Å². The van der Waals surface area contributed by atoms with Crippen LogP contribution >= 0.6 is 15.6 Å². The summed E-state index contributed by atoms with van der Waals surface area (Å²) in [6.45, 7) is 4.47. The molecule has 0 bridgehead atoms. The van der Waals surface area contributed by atoms with Crippen molar-refractivity contribution >= 4 is 39.5 Å². The first-order chi connectivity index (χ1) is 47.7. The minimum absolute atomic E-state index is 0.0636. The zero-order valence-electron chi connectivity index (χ0n) is 61.2. The van der Waals surface area contributed by atoms with Crippen LogP contribution in [0.1, 0.15) is 297 Å². The molecule has 0 radical (unpaired) electrons. The van der Waals surface area contributed by atoms with Gasteiger partial charge in [-0.3, -0.25) is 37.3 Å². The minimum atomic E-state index is -5.00. The molecule has 0 amide bonds. The lowest BCUT2D eigenvalue weighted by Crippen LogP contribution is -2.30. The van der Waals surface area contributed by atoms with Gasteiger partial charge < -0.3 is 33.8 Å². The fraction of sp³-hybridized carbons (Fsp3) is 0.696. The van der Waals surface area contributed by atoms with Gasteiger partial charge in [0.25, 0.3) is 0 Å². The highest BCUT2D eigenvalue weighted by Gasteiger charge is 2.30. The lowest BCUT2D eigenvalue weighted by Gasteiger charge is -2.21. The summed E-state index contributed by atoms with van der Waals surface area (Å²) in [5, 5.41) is 10.6. The molecule has 98 heavy (non-hydrogen) atoms. The first-order valence-corrected chi connectivity index (χ1v) is 40.8. The number of esters is 4. The number of phosphoric acid groups is 2. The third-order valence-electron chi connectivity index (χ3n) is 15.4. The van der Waals surface area contributed by atoms with Crippen molar-refractivity contribution in [3.63, 3.8) is 0 Å². The number of allylic oxidation sites excluding steroid dienone is 19. The average molecular weight is 1420 g/mol. The molecular formula is C79H134O17P2. The van der Waals surface area contributed by atoms with Crippen molar-refractivity contribution in [1.29, 1.82) is 0 Å². The molecule has 19 heteroatoms. The van der Waals surface area contributed by atoms with E-state index in [4.69, 9.17) is 37.0 Å². The Morgan fingerprint density at radius 2 is 0.571 bits per heavy atom. The van der Waals surface area contributed by atoms with E-state index in [-0.39, 0.29) is 25.7 Å². The number of aliphatic hydroxyl groups excluding tert-OH is 1. The van der Waals surface area contributed by atoms with Gasteiger partial charge in [0.1, 0.15) is 19.3 Å². The van der Waals surface area contributed by atoms with Gasteiger partial charge in [-0.05, 0) is 135 Å². The highest BCUT2D eigenvalue weighted by atomic mass is 31.2. The van der Waals surface area contributed by atoms with Gasteiger partial charge in [0.05, 0.1) is 32.8 Å². The summed E-state index contributed by atoms with van der Waals surface area (Å²) >= 11 is 0. The maximum Gasteiger partial charge on any atom is 0.472 e. The minimum Gasteiger partial charge on any atom is -0.462 e. The normalized spacial score (nSPS) is 14.6. The van der Waals surface area contributed by atoms with Crippen molar-refractivity contribution in [2.24, 2.45) is 0 Å². The van der Waals surface area contributed by atoms with E-state index in [0.29, 0.717) is 25.7 Å². The van der Waals surface area contributed by atoms with Crippen LogP contribution in [-0.2, 0) is 65.4 Å². The van der Waals surface area contributed by atoms with E-state index in [9.17, 15) is 43.2 Å². The predicted octanol–water partition coefficient (Wildman–Crippen LogP) is 21.6. The van der Waals surface area contributed by atoms with Gasteiger partial charge in [-0.15, -0.1) is 0 Å². The van der Waals surface area contributed by atoms with E-state index >= 15 is 0 Å². The molecular weight excluding hydrogens is 1280 g/mol. The summed E-state index contributed by atoms with van der Waals surface area (Å²) in [4.78, 5) is 72.7. The Morgan fingerprint density at radius 1 is 0.306 bits per heavy atom. The third-order valence-corrected chi connectivity index (χ3v) is 17.3. The number of aliphatic hydroxyl groups is 1. The molecule has 0 aliphatic heterocycles. The molecule has 5 atom stereocenters. The summed E-state index contributed by atoms with van der Waals surface area (Å²) < 4.78 is 68.3. The average Bonchev–Trinajstić information content (AvgIpc) is 0.971. The number of rotatable bonds is 70. The summed E-state index contributed by atoms with van der Waals surface area (Å²) in [5.41, 5.74) is 0. The number of hydrogen-bond acceptors (Lipinski definition) is 15. The number of ether oxygens (including phenoxy) is 4. The fourth-order valence-electron chi connectivity index (χ4n) is 9.71. The standard InChI is InChI=1S/C79H134O17P2/c1-5-9-13-17-21-25-29-33-35-36-38-42-44-48-52-56-60-64-77(82)90-70-75(96-79(84)66-62-58-54-50-46-40-32-28-24-20-16-12-8-4)72-94-98(87,88)92-68-73(80)67-91-97(85,86)93-71-74(95-78(83)65-61-57-53-49-45-39-31-27-23-19-15-11-7-3)69-89-76(81)63-59-55-51-47-43-41-37-34-30-26-22-18-14-10-6-2/h9-10,13-14,21-22,25-28,31-35,37,43,47,55,59,73-75,80H,5-8,11-12,15-20,23-24,29-30,36,38-42,44-46,48-54,56-58,60-72H2,1-4H3,(H,85,86)(H,87,88)/b13-9-,14-10-,25-21-,26-22-,31-27-,32-28-,35-33-,37-34-,47-43-,59-55-. The van der Waals surface area contributed by atoms with Gasteiger partial charge >= 0.3 is 39.5 Å². The van der Waals surface area contributed by atoms with Crippen LogP contribution in [0.5, 0.6) is 0 Å². The molecule has 0 aromatic rings. The van der Waals surface area contributed by atoms with E-state index in [0.717, 1.165) is 167 Å². The highest BCUT2D eigenvalue weighted by molar-refractivity contribution is 7.47. The maximum absolute atomic E-state index is 13.1. The second-order valence-electron chi connectivity index (χ2n) is 24.8. The summed E-state index contributed by atoms with van der Waals surface area (Å²) in [7, 11) is -9.98. The molecule has 0 saturated carbocycles. The quantitative estimate of drug-likeness (QED) is 0.0169. The highest BCUT2D eigenvalue weighted by Crippen LogP contribution is 2.45. The number of carbonyl (C=O) groups is 4. The molecule has 0 aromatic carbocycles. The molecule has 0 heterocycles. The van der Waals surface area contributed by atoms with Crippen LogP contribution in [-0.4, -0.2) is 96.7 Å². The van der Waals surface area contributed by atoms with E-state index in [1.807, 2.05) is 18.2 Å². The molecule has 0 spiro atoms. The van der Waals surface area contributed by atoms with E-state index in [2.05, 4.69) is 125 Å². The lowest BCUT2D eigenvalue weighted by atomic mass is 10.1. The zero-order chi connectivity index (χ0) is 71.8. The van der Waals surface area contributed by atoms with Gasteiger partial charge in [-0.1, -0.05) is 258 Å². The van der Waals surface area contributed by atoms with E-state index in [1.165, 1.54) is 51.4 Å². The summed E-state index contributed by atoms with van der Waals surface area (Å²) in [5.74, 6) is -2.35. The second kappa shape index (κ2) is 70.9. The van der Waals surface area contributed by atoms with Crippen LogP contribution < -0.4 is 0 Å². The Bertz CT molecular complexity index is 2340. The Morgan fingerprint density at radius 3 is 0.918 bits per heavy atom. The zero-order valence-corrected chi connectivity index (χ0v) is 63.0. The number of carbonyl (C=O) groups excluding carboxylic acids is 4. The smallest absolute Gasteiger partial charge is 0.462 e. The van der Waals surface area contributed by atoms with Crippen LogP contribution in [0.2, 0.25) is 0 Å². The number of hydrogen-bond donors (Lipinski definition) is 3. The Kier molecular flexibility index (Phi) is 67.6. The molecule has 17 nitrogen and oxygen atoms in total. The summed E-state index contributed by atoms with van der Waals surface area (Å²) in [6, 6.07) is 0. The van der Waals surface area contributed by atoms with Gasteiger partial charge in [0, 0.05) is 19.3 Å². The molecule has 0 rings (SSSR count). The molecule has 5 unspecified atom stereocenters. The first-order valence-electron chi connectivity index (χ1n) is 37.8. The predicted molar refractivity (Wildman–Crippen MR) is 399 cm³/mol. The lowest BCUT2D eigenvalue weighted by molar-refractivity contribution is -0.161. The number of unbranched alkanes of at least 4 members (excludes halogenated alkanes) is 25. The monoisotopic (exact) mass is 1420 g/mol. The molecule has 0 aliphatic carbocycles. The maximum atomic E-state index is 13.1. The molecule has 0 aromatic heterocycles. The van der Waals surface area contributed by atoms with Gasteiger partial charge in [0.2, 0.25) is 0 Å². The molecule has 3 N–H and O–H groups in total. The van der Waals surface area contributed by atoms with Crippen LogP contribution in [0.3, 0.4) is 0 Å². The Balaban J connectivity index is 5.41. The van der Waals surface area contributed by atoms with Crippen LogP contribution in [0.4, 0.5) is 0 Å². The van der Waals surface area contributed by atoms with Gasteiger partial charge in [0.15, 0.2) is 12.2 Å². The van der Waals surface area contributed by atoms with Crippen molar-refractivity contribution in [3.8, 4) is 0 Å². The second-order valence-corrected chi connectivity index (χ2v) is 27.7. The third kappa shape index (κ3) is 69.9. The van der Waals surface area contributed by atoms with Crippen molar-refractivity contribution in [2.45, 2.75) is 316 Å². The van der Waals surface area contributed by atoms with Crippen molar-refractivity contribution in [1.82, 2.24) is 0 Å². The van der Waals surface area contributed by atoms with E-state index in [1.54, 1.807) is 6.08 Å². The molecule has 0 aliphatic rings. The van der Waals surface area contributed by atoms with Crippen LogP contribution in [0.25, 0.3) is 0 Å². The van der Waals surface area contributed by atoms with Gasteiger partial charge in [-0.2, -0.15) is 0 Å². The van der Waals surface area contributed by atoms with Crippen LogP contribution in [0, 0.1) is 0 Å². The van der Waals surface area contributed by atoms with Crippen molar-refractivity contribution < 1.29 is 80.2 Å². The molecule has 0 saturated heterocycles. The molecule has 0 fully saturated rings. The summed E-state index contributed by atoms with van der Waals surface area (Å²) in [6.07, 6.45) is 76.5. The SMILES string of the molecule is CC/C=C\C/C=C\C/C=C\C/C=C\C/C=C\CC(=O)OCC(COP(=O)(O)OCC(O)COP(=O)(O)OCC(COC(=O)CCCCCCCCC/C=C\C/C=C\C/C=C\CC)OC(=O)CCCCCCC/C=C\CCCCCC)OC(=O)CCCCCCC/C=C\CCCCCC. The van der Waals surface area contributed by atoms with Gasteiger partial charge in [-0.25, -0.2) is 9.13 Å². The number of phosphoric ester groups is 2. The fourth-order valence-corrected chi connectivity index (χ4v) is 11.3. The molecule has 562 valence electrons.